The van der Waals surface area contributed by atoms with Gasteiger partial charge in [-0.3, -0.25) is 19.6 Å². The molecule has 26 heavy (non-hydrogen) atoms. The van der Waals surface area contributed by atoms with Crippen molar-refractivity contribution in [1.82, 2.24) is 20.2 Å². The molecular formula is C20H30N4O2. The van der Waals surface area contributed by atoms with Crippen LogP contribution in [0.25, 0.3) is 0 Å². The van der Waals surface area contributed by atoms with Gasteiger partial charge in [0.15, 0.2) is 0 Å². The van der Waals surface area contributed by atoms with Crippen LogP contribution in [0.4, 0.5) is 0 Å². The average molecular weight is 358 g/mol. The number of nitrogens with zero attached hydrogens (tertiary/aromatic N) is 3. The number of hydrogen-bond acceptors (Lipinski definition) is 4. The highest BCUT2D eigenvalue weighted by atomic mass is 16.2. The van der Waals surface area contributed by atoms with Gasteiger partial charge in [0.25, 0.3) is 0 Å². The summed E-state index contributed by atoms with van der Waals surface area (Å²) in [5.74, 6) is 0.836. The molecule has 0 aromatic carbocycles. The molecule has 3 rings (SSSR count). The van der Waals surface area contributed by atoms with Crippen LogP contribution in [0.1, 0.15) is 52.1 Å². The molecule has 0 radical (unpaired) electrons. The maximum atomic E-state index is 13.0. The van der Waals surface area contributed by atoms with E-state index in [2.05, 4.69) is 36.1 Å². The normalized spacial score (nSPS) is 28.0. The molecule has 1 aliphatic heterocycles. The van der Waals surface area contributed by atoms with Gasteiger partial charge < -0.3 is 10.2 Å². The molecule has 2 heterocycles. The van der Waals surface area contributed by atoms with E-state index in [1.54, 1.807) is 18.6 Å². The van der Waals surface area contributed by atoms with E-state index in [9.17, 15) is 9.59 Å². The van der Waals surface area contributed by atoms with Crippen molar-refractivity contribution < 1.29 is 9.59 Å². The molecule has 142 valence electrons. The number of piperidine rings is 1. The second-order valence-electron chi connectivity index (χ2n) is 8.74. The minimum Gasteiger partial charge on any atom is -0.351 e. The third-order valence-electron chi connectivity index (χ3n) is 5.67. The molecule has 0 spiro atoms. The van der Waals surface area contributed by atoms with E-state index in [1.807, 2.05) is 4.90 Å². The highest BCUT2D eigenvalue weighted by Crippen LogP contribution is 2.35. The number of rotatable bonds is 4. The fourth-order valence-electron chi connectivity index (χ4n) is 4.52. The first-order valence-electron chi connectivity index (χ1n) is 9.67. The van der Waals surface area contributed by atoms with Gasteiger partial charge in [0.1, 0.15) is 0 Å². The van der Waals surface area contributed by atoms with Crippen LogP contribution >= 0.6 is 0 Å². The predicted octanol–water partition coefficient (Wildman–Crippen LogP) is 2.20. The summed E-state index contributed by atoms with van der Waals surface area (Å²) in [5.41, 5.74) is 0.660. The second-order valence-corrected chi connectivity index (χ2v) is 8.74. The molecule has 1 aromatic heterocycles. The molecule has 2 amide bonds. The summed E-state index contributed by atoms with van der Waals surface area (Å²) in [6.45, 7) is 7.91. The van der Waals surface area contributed by atoms with Crippen LogP contribution < -0.4 is 5.32 Å². The van der Waals surface area contributed by atoms with Crippen LogP contribution in [0.2, 0.25) is 0 Å². The molecule has 0 bridgehead atoms. The molecule has 1 aromatic rings. The minimum absolute atomic E-state index is 0.000250. The van der Waals surface area contributed by atoms with Crippen molar-refractivity contribution in [2.24, 2.45) is 17.3 Å². The number of amides is 2. The Balaban J connectivity index is 1.62. The Morgan fingerprint density at radius 1 is 1.31 bits per heavy atom. The number of carbonyl (C=O) groups excluding carboxylic acids is 2. The number of carbonyl (C=O) groups is 2. The summed E-state index contributed by atoms with van der Waals surface area (Å²) in [6.07, 6.45) is 9.19. The maximum Gasteiger partial charge on any atom is 0.226 e. The van der Waals surface area contributed by atoms with Crippen LogP contribution in [0, 0.1) is 17.3 Å². The van der Waals surface area contributed by atoms with E-state index in [-0.39, 0.29) is 35.6 Å². The van der Waals surface area contributed by atoms with E-state index in [0.29, 0.717) is 18.2 Å². The van der Waals surface area contributed by atoms with E-state index in [1.165, 1.54) is 0 Å². The molecule has 6 heteroatoms. The molecule has 1 aliphatic carbocycles. The van der Waals surface area contributed by atoms with Gasteiger partial charge in [-0.1, -0.05) is 27.2 Å². The molecule has 3 atom stereocenters. The van der Waals surface area contributed by atoms with E-state index in [0.717, 1.165) is 32.2 Å². The summed E-state index contributed by atoms with van der Waals surface area (Å²) >= 11 is 0. The molecule has 1 saturated heterocycles. The van der Waals surface area contributed by atoms with Crippen molar-refractivity contribution in [2.45, 2.75) is 58.9 Å². The van der Waals surface area contributed by atoms with Crippen molar-refractivity contribution >= 4 is 11.8 Å². The summed E-state index contributed by atoms with van der Waals surface area (Å²) in [6, 6.07) is -0.0106. The molecule has 2 fully saturated rings. The van der Waals surface area contributed by atoms with Gasteiger partial charge >= 0.3 is 0 Å². The number of nitrogens with one attached hydrogen (secondary N) is 1. The third-order valence-corrected chi connectivity index (χ3v) is 5.67. The molecule has 6 nitrogen and oxygen atoms in total. The molecule has 1 N–H and O–H groups in total. The first kappa shape index (κ1) is 18.8. The highest BCUT2D eigenvalue weighted by Gasteiger charge is 2.39. The first-order valence-corrected chi connectivity index (χ1v) is 9.67. The lowest BCUT2D eigenvalue weighted by Gasteiger charge is -2.44. The molecule has 1 saturated carbocycles. The Bertz CT molecular complexity index is 646. The Hall–Kier alpha value is -1.98. The van der Waals surface area contributed by atoms with Gasteiger partial charge in [-0.15, -0.1) is 0 Å². The maximum absolute atomic E-state index is 13.0. The number of likely N-dealkylation sites (tertiary alicyclic amines) is 1. The molecule has 2 aliphatic rings. The summed E-state index contributed by atoms with van der Waals surface area (Å²) < 4.78 is 0. The van der Waals surface area contributed by atoms with Gasteiger partial charge in [-0.25, -0.2) is 0 Å². The standard InChI is InChI=1S/C20H30N4O2/c1-14-5-4-6-17(14)19(26)24-12-16(10-20(2,3)13-24)23-18(25)9-15-11-21-7-8-22-15/h7-8,11,14,16-17H,4-6,9-10,12-13H2,1-3H3,(H,23,25). The molecule has 3 unspecified atom stereocenters. The van der Waals surface area contributed by atoms with Gasteiger partial charge in [-0.2, -0.15) is 0 Å². The van der Waals surface area contributed by atoms with Crippen LogP contribution in [0.15, 0.2) is 18.6 Å². The van der Waals surface area contributed by atoms with Crippen molar-refractivity contribution in [3.05, 3.63) is 24.3 Å². The molecular weight excluding hydrogens is 328 g/mol. The Morgan fingerprint density at radius 2 is 2.12 bits per heavy atom. The van der Waals surface area contributed by atoms with Gasteiger partial charge in [-0.05, 0) is 30.6 Å². The van der Waals surface area contributed by atoms with Gasteiger partial charge in [0.05, 0.1) is 12.1 Å². The number of aromatic nitrogens is 2. The van der Waals surface area contributed by atoms with Crippen LogP contribution in [-0.4, -0.2) is 45.8 Å². The summed E-state index contributed by atoms with van der Waals surface area (Å²) in [4.78, 5) is 35.6. The summed E-state index contributed by atoms with van der Waals surface area (Å²) in [7, 11) is 0. The average Bonchev–Trinajstić information content (AvgIpc) is 2.99. The van der Waals surface area contributed by atoms with Gasteiger partial charge in [0, 0.05) is 43.6 Å². The van der Waals surface area contributed by atoms with Gasteiger partial charge in [0.2, 0.25) is 11.8 Å². The fourth-order valence-corrected chi connectivity index (χ4v) is 4.52. The Morgan fingerprint density at radius 3 is 2.77 bits per heavy atom. The van der Waals surface area contributed by atoms with Crippen LogP contribution in [0.3, 0.4) is 0 Å². The quantitative estimate of drug-likeness (QED) is 0.895. The zero-order valence-electron chi connectivity index (χ0n) is 16.1. The van der Waals surface area contributed by atoms with Crippen molar-refractivity contribution in [1.29, 1.82) is 0 Å². The van der Waals surface area contributed by atoms with Crippen molar-refractivity contribution in [3.63, 3.8) is 0 Å². The lowest BCUT2D eigenvalue weighted by Crippen LogP contribution is -2.56. The lowest BCUT2D eigenvalue weighted by atomic mass is 9.80. The van der Waals surface area contributed by atoms with Crippen LogP contribution in [0.5, 0.6) is 0 Å². The van der Waals surface area contributed by atoms with Crippen molar-refractivity contribution in [2.75, 3.05) is 13.1 Å². The third kappa shape index (κ3) is 4.59. The smallest absolute Gasteiger partial charge is 0.226 e. The predicted molar refractivity (Wildman–Crippen MR) is 99.1 cm³/mol. The van der Waals surface area contributed by atoms with E-state index in [4.69, 9.17) is 0 Å². The largest absolute Gasteiger partial charge is 0.351 e. The van der Waals surface area contributed by atoms with Crippen molar-refractivity contribution in [3.8, 4) is 0 Å². The topological polar surface area (TPSA) is 75.2 Å². The second kappa shape index (κ2) is 7.72. The lowest BCUT2D eigenvalue weighted by molar-refractivity contribution is -0.141. The zero-order valence-corrected chi connectivity index (χ0v) is 16.1. The van der Waals surface area contributed by atoms with E-state index < -0.39 is 0 Å². The Labute approximate surface area is 155 Å². The minimum atomic E-state index is -0.0603. The zero-order chi connectivity index (χ0) is 18.7. The number of hydrogen-bond donors (Lipinski definition) is 1. The monoisotopic (exact) mass is 358 g/mol. The SMILES string of the molecule is CC1CCCC1C(=O)N1CC(NC(=O)Cc2cnccn2)CC(C)(C)C1. The Kier molecular flexibility index (Phi) is 5.58. The van der Waals surface area contributed by atoms with E-state index >= 15 is 0 Å². The summed E-state index contributed by atoms with van der Waals surface area (Å²) in [5, 5.41) is 3.11. The fraction of sp³-hybridized carbons (Fsp3) is 0.700. The first-order chi connectivity index (χ1) is 12.3. The highest BCUT2D eigenvalue weighted by molar-refractivity contribution is 5.80. The van der Waals surface area contributed by atoms with Crippen LogP contribution in [-0.2, 0) is 16.0 Å².